The van der Waals surface area contributed by atoms with E-state index in [1.54, 1.807) is 12.1 Å². The molecule has 0 atom stereocenters. The fourth-order valence-corrected chi connectivity index (χ4v) is 3.05. The van der Waals surface area contributed by atoms with Crippen molar-refractivity contribution >= 4 is 11.5 Å². The molecule has 1 amide bonds. The first kappa shape index (κ1) is 17.2. The molecular formula is C21H24N2O2. The highest BCUT2D eigenvalue weighted by atomic mass is 16.3. The molecule has 25 heavy (non-hydrogen) atoms. The van der Waals surface area contributed by atoms with E-state index >= 15 is 0 Å². The second-order valence-corrected chi connectivity index (χ2v) is 6.46. The fraction of sp³-hybridized carbons (Fsp3) is 0.286. The van der Waals surface area contributed by atoms with E-state index in [-0.39, 0.29) is 11.7 Å². The highest BCUT2D eigenvalue weighted by Gasteiger charge is 2.15. The fourth-order valence-electron chi connectivity index (χ4n) is 3.05. The van der Waals surface area contributed by atoms with E-state index in [2.05, 4.69) is 29.3 Å². The summed E-state index contributed by atoms with van der Waals surface area (Å²) < 4.78 is 0. The maximum Gasteiger partial charge on any atom is 0.234 e. The van der Waals surface area contributed by atoms with Gasteiger partial charge < -0.3 is 10.4 Å². The summed E-state index contributed by atoms with van der Waals surface area (Å²) in [4.78, 5) is 14.3. The lowest BCUT2D eigenvalue weighted by Crippen LogP contribution is -2.39. The van der Waals surface area contributed by atoms with Crippen molar-refractivity contribution in [2.75, 3.05) is 19.6 Å². The molecule has 1 heterocycles. The van der Waals surface area contributed by atoms with Gasteiger partial charge in [-0.1, -0.05) is 42.5 Å². The van der Waals surface area contributed by atoms with Crippen LogP contribution in [-0.4, -0.2) is 35.5 Å². The quantitative estimate of drug-likeness (QED) is 0.882. The molecule has 0 unspecified atom stereocenters. The van der Waals surface area contributed by atoms with Crippen LogP contribution in [0.25, 0.3) is 5.57 Å². The van der Waals surface area contributed by atoms with Crippen molar-refractivity contribution in [1.29, 1.82) is 0 Å². The Morgan fingerprint density at radius 2 is 1.92 bits per heavy atom. The number of aromatic hydroxyl groups is 1. The standard InChI is InChI=1S/C21H24N2O2/c1-16-4-2-3-5-19(16)14-22-21(25)15-23-12-10-18(11-13-23)17-6-8-20(24)9-7-17/h2-10,24H,11-15H2,1H3,(H,22,25). The molecule has 4 heteroatoms. The first-order valence-electron chi connectivity index (χ1n) is 8.64. The van der Waals surface area contributed by atoms with E-state index in [1.165, 1.54) is 11.1 Å². The summed E-state index contributed by atoms with van der Waals surface area (Å²) >= 11 is 0. The van der Waals surface area contributed by atoms with Crippen LogP contribution < -0.4 is 5.32 Å². The molecule has 0 spiro atoms. The van der Waals surface area contributed by atoms with E-state index < -0.39 is 0 Å². The number of aryl methyl sites for hydroxylation is 1. The second-order valence-electron chi connectivity index (χ2n) is 6.46. The average molecular weight is 336 g/mol. The molecule has 2 aromatic carbocycles. The van der Waals surface area contributed by atoms with E-state index in [1.807, 2.05) is 30.3 Å². The minimum absolute atomic E-state index is 0.0599. The molecule has 0 saturated heterocycles. The topological polar surface area (TPSA) is 52.6 Å². The molecule has 3 rings (SSSR count). The zero-order chi connectivity index (χ0) is 17.6. The van der Waals surface area contributed by atoms with Crippen LogP contribution >= 0.6 is 0 Å². The molecule has 1 aliphatic heterocycles. The molecule has 0 aromatic heterocycles. The zero-order valence-electron chi connectivity index (χ0n) is 14.5. The summed E-state index contributed by atoms with van der Waals surface area (Å²) in [5.41, 5.74) is 4.77. The third kappa shape index (κ3) is 4.70. The van der Waals surface area contributed by atoms with Gasteiger partial charge in [-0.15, -0.1) is 0 Å². The number of carbonyl (C=O) groups excluding carboxylic acids is 1. The first-order chi connectivity index (χ1) is 12.1. The summed E-state index contributed by atoms with van der Waals surface area (Å²) in [5.74, 6) is 0.344. The largest absolute Gasteiger partial charge is 0.508 e. The van der Waals surface area contributed by atoms with Gasteiger partial charge in [-0.3, -0.25) is 9.69 Å². The molecular weight excluding hydrogens is 312 g/mol. The van der Waals surface area contributed by atoms with Gasteiger partial charge in [-0.2, -0.15) is 0 Å². The number of nitrogens with one attached hydrogen (secondary N) is 1. The molecule has 0 bridgehead atoms. The Bertz CT molecular complexity index is 766. The maximum absolute atomic E-state index is 12.2. The van der Waals surface area contributed by atoms with E-state index in [0.29, 0.717) is 13.1 Å². The van der Waals surface area contributed by atoms with Gasteiger partial charge in [-0.05, 0) is 47.7 Å². The molecule has 0 saturated carbocycles. The third-order valence-corrected chi connectivity index (χ3v) is 4.64. The van der Waals surface area contributed by atoms with Gasteiger partial charge >= 0.3 is 0 Å². The minimum Gasteiger partial charge on any atom is -0.508 e. The number of nitrogens with zero attached hydrogens (tertiary/aromatic N) is 1. The average Bonchev–Trinajstić information content (AvgIpc) is 2.62. The van der Waals surface area contributed by atoms with Crippen molar-refractivity contribution < 1.29 is 9.90 Å². The third-order valence-electron chi connectivity index (χ3n) is 4.64. The van der Waals surface area contributed by atoms with Crippen LogP contribution in [0.2, 0.25) is 0 Å². The van der Waals surface area contributed by atoms with E-state index in [9.17, 15) is 9.90 Å². The van der Waals surface area contributed by atoms with Crippen molar-refractivity contribution in [1.82, 2.24) is 10.2 Å². The van der Waals surface area contributed by atoms with Crippen LogP contribution in [0.1, 0.15) is 23.1 Å². The first-order valence-corrected chi connectivity index (χ1v) is 8.64. The Balaban J connectivity index is 1.49. The predicted octanol–water partition coefficient (Wildman–Crippen LogP) is 3.11. The summed E-state index contributed by atoms with van der Waals surface area (Å²) in [6.07, 6.45) is 3.08. The Labute approximate surface area is 148 Å². The SMILES string of the molecule is Cc1ccccc1CNC(=O)CN1CC=C(c2ccc(O)cc2)CC1. The van der Waals surface area contributed by atoms with Crippen molar-refractivity contribution in [3.05, 3.63) is 71.3 Å². The Kier molecular flexibility index (Phi) is 5.51. The van der Waals surface area contributed by atoms with Gasteiger partial charge in [-0.25, -0.2) is 0 Å². The van der Waals surface area contributed by atoms with Crippen LogP contribution in [0.15, 0.2) is 54.6 Å². The normalized spacial score (nSPS) is 14.8. The van der Waals surface area contributed by atoms with Gasteiger partial charge in [0.2, 0.25) is 5.91 Å². The van der Waals surface area contributed by atoms with Crippen LogP contribution in [0, 0.1) is 6.92 Å². The Morgan fingerprint density at radius 3 is 2.60 bits per heavy atom. The molecule has 0 fully saturated rings. The highest BCUT2D eigenvalue weighted by molar-refractivity contribution is 5.78. The number of hydrogen-bond acceptors (Lipinski definition) is 3. The summed E-state index contributed by atoms with van der Waals surface area (Å²) in [7, 11) is 0. The number of rotatable bonds is 5. The van der Waals surface area contributed by atoms with Gasteiger partial charge in [0.05, 0.1) is 6.54 Å². The number of phenols is 1. The van der Waals surface area contributed by atoms with Gasteiger partial charge in [0.25, 0.3) is 0 Å². The Morgan fingerprint density at radius 1 is 1.16 bits per heavy atom. The van der Waals surface area contributed by atoms with Gasteiger partial charge in [0.1, 0.15) is 5.75 Å². The van der Waals surface area contributed by atoms with Gasteiger partial charge in [0, 0.05) is 19.6 Å². The van der Waals surface area contributed by atoms with Crippen LogP contribution in [-0.2, 0) is 11.3 Å². The summed E-state index contributed by atoms with van der Waals surface area (Å²) in [6, 6.07) is 15.4. The molecule has 2 aromatic rings. The number of amides is 1. The lowest BCUT2D eigenvalue weighted by Gasteiger charge is -2.26. The monoisotopic (exact) mass is 336 g/mol. The summed E-state index contributed by atoms with van der Waals surface area (Å²) in [5, 5.41) is 12.4. The molecule has 0 aliphatic carbocycles. The van der Waals surface area contributed by atoms with Crippen LogP contribution in [0.5, 0.6) is 5.75 Å². The highest BCUT2D eigenvalue weighted by Crippen LogP contribution is 2.23. The smallest absolute Gasteiger partial charge is 0.234 e. The van der Waals surface area contributed by atoms with Crippen molar-refractivity contribution in [3.63, 3.8) is 0 Å². The van der Waals surface area contributed by atoms with Crippen LogP contribution in [0.3, 0.4) is 0 Å². The lowest BCUT2D eigenvalue weighted by atomic mass is 9.99. The summed E-state index contributed by atoms with van der Waals surface area (Å²) in [6.45, 7) is 4.69. The number of phenolic OH excluding ortho intramolecular Hbond substituents is 1. The molecule has 0 radical (unpaired) electrons. The Hall–Kier alpha value is -2.59. The molecule has 4 nitrogen and oxygen atoms in total. The van der Waals surface area contributed by atoms with Crippen molar-refractivity contribution in [3.8, 4) is 5.75 Å². The maximum atomic E-state index is 12.2. The van der Waals surface area contributed by atoms with Gasteiger partial charge in [0.15, 0.2) is 0 Å². The van der Waals surface area contributed by atoms with E-state index in [4.69, 9.17) is 0 Å². The number of benzene rings is 2. The number of hydrogen-bond donors (Lipinski definition) is 2. The second kappa shape index (κ2) is 7.99. The lowest BCUT2D eigenvalue weighted by molar-refractivity contribution is -0.122. The molecule has 2 N–H and O–H groups in total. The zero-order valence-corrected chi connectivity index (χ0v) is 14.5. The molecule has 1 aliphatic rings. The van der Waals surface area contributed by atoms with E-state index in [0.717, 1.165) is 30.6 Å². The molecule has 130 valence electrons. The van der Waals surface area contributed by atoms with Crippen molar-refractivity contribution in [2.45, 2.75) is 19.9 Å². The van der Waals surface area contributed by atoms with Crippen molar-refractivity contribution in [2.24, 2.45) is 0 Å². The minimum atomic E-state index is 0.0599. The number of carbonyl (C=O) groups is 1. The van der Waals surface area contributed by atoms with Crippen LogP contribution in [0.4, 0.5) is 0 Å². The predicted molar refractivity (Wildman–Crippen MR) is 100 cm³/mol.